The summed E-state index contributed by atoms with van der Waals surface area (Å²) >= 11 is 0. The van der Waals surface area contributed by atoms with Gasteiger partial charge in [-0.3, -0.25) is 14.4 Å². The number of carbonyl (C=O) groups is 3. The number of piperidine rings is 1. The van der Waals surface area contributed by atoms with Crippen LogP contribution >= 0.6 is 0 Å². The van der Waals surface area contributed by atoms with Gasteiger partial charge >= 0.3 is 11.9 Å². The van der Waals surface area contributed by atoms with Crippen LogP contribution in [0.3, 0.4) is 0 Å². The van der Waals surface area contributed by atoms with Crippen LogP contribution in [0.1, 0.15) is 26.2 Å². The average Bonchev–Trinajstić information content (AvgIpc) is 3.22. The molecule has 3 heterocycles. The number of carbonyl (C=O) groups excluding carboxylic acids is 1. The van der Waals surface area contributed by atoms with Crippen molar-refractivity contribution < 1.29 is 24.6 Å². The summed E-state index contributed by atoms with van der Waals surface area (Å²) in [5, 5.41) is 25.7. The molecular weight excluding hydrogens is 418 g/mol. The molecule has 32 heavy (non-hydrogen) atoms. The molecule has 1 aliphatic heterocycles. The molecule has 3 atom stereocenters. The monoisotopic (exact) mass is 445 g/mol. The number of anilines is 1. The summed E-state index contributed by atoms with van der Waals surface area (Å²) in [7, 11) is 2.01. The Morgan fingerprint density at radius 1 is 1.41 bits per heavy atom. The maximum atomic E-state index is 12.0. The number of amides is 1. The first kappa shape index (κ1) is 24.5. The number of nitriles is 1. The van der Waals surface area contributed by atoms with E-state index >= 15 is 0 Å². The van der Waals surface area contributed by atoms with Gasteiger partial charge in [-0.05, 0) is 18.4 Å². The molecule has 12 nitrogen and oxygen atoms in total. The number of nitrogens with two attached hydrogens (primary N) is 1. The third-order valence-electron chi connectivity index (χ3n) is 5.38. The van der Waals surface area contributed by atoms with E-state index in [2.05, 4.69) is 26.8 Å². The van der Waals surface area contributed by atoms with Crippen LogP contribution in [0, 0.1) is 17.2 Å². The second-order valence-corrected chi connectivity index (χ2v) is 7.60. The van der Waals surface area contributed by atoms with Crippen LogP contribution in [0.4, 0.5) is 5.82 Å². The highest BCUT2D eigenvalue weighted by atomic mass is 16.4. The Morgan fingerprint density at radius 3 is 2.72 bits per heavy atom. The van der Waals surface area contributed by atoms with E-state index in [1.165, 1.54) is 0 Å². The number of rotatable bonds is 6. The number of nitrogens with one attached hydrogen (secondary N) is 1. The van der Waals surface area contributed by atoms with Crippen LogP contribution in [0.25, 0.3) is 11.0 Å². The van der Waals surface area contributed by atoms with E-state index in [-0.39, 0.29) is 18.4 Å². The Bertz CT molecular complexity index is 1000. The minimum Gasteiger partial charge on any atom is -0.481 e. The molecule has 0 unspecified atom stereocenters. The molecule has 0 bridgehead atoms. The number of fused-ring (bicyclic) bond motifs is 1. The number of likely N-dealkylation sites (tertiary alicyclic amines) is 1. The maximum absolute atomic E-state index is 12.0. The Balaban J connectivity index is 0.000000344. The van der Waals surface area contributed by atoms with E-state index in [0.29, 0.717) is 12.5 Å². The van der Waals surface area contributed by atoms with Gasteiger partial charge in [-0.2, -0.15) is 5.26 Å². The third kappa shape index (κ3) is 6.14. The summed E-state index contributed by atoms with van der Waals surface area (Å²) in [5.41, 5.74) is 5.65. The molecule has 2 aromatic heterocycles. The molecule has 0 radical (unpaired) electrons. The van der Waals surface area contributed by atoms with Crippen LogP contribution in [-0.4, -0.2) is 80.1 Å². The van der Waals surface area contributed by atoms with Crippen molar-refractivity contribution in [1.82, 2.24) is 19.9 Å². The molecule has 0 spiro atoms. The second kappa shape index (κ2) is 11.1. The van der Waals surface area contributed by atoms with Crippen LogP contribution in [0.15, 0.2) is 18.6 Å². The molecule has 1 fully saturated rings. The molecule has 2 aromatic rings. The molecule has 12 heteroatoms. The summed E-state index contributed by atoms with van der Waals surface area (Å²) in [6.07, 6.45) is 3.74. The van der Waals surface area contributed by atoms with Crippen molar-refractivity contribution in [2.45, 2.75) is 38.3 Å². The molecule has 3 rings (SSSR count). The van der Waals surface area contributed by atoms with Crippen LogP contribution in [-0.2, 0) is 14.4 Å². The zero-order valence-corrected chi connectivity index (χ0v) is 17.9. The zero-order chi connectivity index (χ0) is 23.8. The van der Waals surface area contributed by atoms with Gasteiger partial charge in [0.25, 0.3) is 0 Å². The number of nitrogens with zero attached hydrogens (tertiary/aromatic N) is 5. The molecule has 0 aliphatic carbocycles. The standard InChI is InChI=1S/C16H20N6O.C4H7NO4/c1-11-5-8-22(14(23)3-6-17)9-13(11)21(2)16-12-4-7-18-15(12)19-10-20-16;5-2(4(8)9)1-3(6)7/h4,7,10-11,13H,3,5,8-9H2,1-2H3,(H,18,19,20);2H,1,5H2,(H,6,7)(H,8,9)/t11-,13+;2-/m10/s1. The number of H-pyrrole nitrogens is 1. The van der Waals surface area contributed by atoms with Crippen molar-refractivity contribution in [3.63, 3.8) is 0 Å². The molecule has 172 valence electrons. The van der Waals surface area contributed by atoms with Crippen LogP contribution < -0.4 is 10.6 Å². The first-order valence-corrected chi connectivity index (χ1v) is 10.0. The number of carboxylic acid groups (broad SMARTS) is 2. The van der Waals surface area contributed by atoms with Crippen molar-refractivity contribution in [3.8, 4) is 6.07 Å². The molecule has 0 saturated carbocycles. The van der Waals surface area contributed by atoms with Gasteiger partial charge in [0.15, 0.2) is 0 Å². The normalized spacial score (nSPS) is 18.8. The van der Waals surface area contributed by atoms with E-state index < -0.39 is 24.4 Å². The van der Waals surface area contributed by atoms with Crippen molar-refractivity contribution in [3.05, 3.63) is 18.6 Å². The summed E-state index contributed by atoms with van der Waals surface area (Å²) in [4.78, 5) is 47.3. The number of carboxylic acids is 2. The maximum Gasteiger partial charge on any atom is 0.321 e. The fourth-order valence-electron chi connectivity index (χ4n) is 3.53. The lowest BCUT2D eigenvalue weighted by atomic mass is 9.92. The topological polar surface area (TPSA) is 190 Å². The van der Waals surface area contributed by atoms with E-state index in [1.54, 1.807) is 11.2 Å². The molecule has 1 amide bonds. The fourth-order valence-corrected chi connectivity index (χ4v) is 3.53. The zero-order valence-electron chi connectivity index (χ0n) is 17.9. The number of aromatic amines is 1. The largest absolute Gasteiger partial charge is 0.481 e. The SMILES string of the molecule is C[C@@H]1CCN(C(=O)CC#N)C[C@@H]1N(C)c1ncnc2[nH]ccc12.N[C@@H](CC(=O)O)C(=O)O. The number of likely N-dealkylation sites (N-methyl/N-ethyl adjacent to an activating group) is 1. The predicted molar refractivity (Wildman–Crippen MR) is 115 cm³/mol. The molecule has 0 aromatic carbocycles. The second-order valence-electron chi connectivity index (χ2n) is 7.60. The number of aliphatic carboxylic acids is 2. The van der Waals surface area contributed by atoms with Gasteiger partial charge in [-0.1, -0.05) is 6.92 Å². The summed E-state index contributed by atoms with van der Waals surface area (Å²) in [6.45, 7) is 3.53. The predicted octanol–water partition coefficient (Wildman–Crippen LogP) is 0.418. The summed E-state index contributed by atoms with van der Waals surface area (Å²) in [5.74, 6) is -1.28. The first-order valence-electron chi connectivity index (χ1n) is 10.0. The first-order chi connectivity index (χ1) is 15.1. The quantitative estimate of drug-likeness (QED) is 0.484. The van der Waals surface area contributed by atoms with Gasteiger partial charge in [0.2, 0.25) is 5.91 Å². The minimum absolute atomic E-state index is 0.0552. The van der Waals surface area contributed by atoms with Crippen LogP contribution in [0.2, 0.25) is 0 Å². The van der Waals surface area contributed by atoms with Gasteiger partial charge in [0.1, 0.15) is 30.3 Å². The lowest BCUT2D eigenvalue weighted by Gasteiger charge is -2.42. The highest BCUT2D eigenvalue weighted by Gasteiger charge is 2.32. The Hall–Kier alpha value is -3.72. The van der Waals surface area contributed by atoms with E-state index in [1.807, 2.05) is 25.4 Å². The van der Waals surface area contributed by atoms with Gasteiger partial charge in [-0.15, -0.1) is 0 Å². The van der Waals surface area contributed by atoms with Gasteiger partial charge in [-0.25, -0.2) is 9.97 Å². The van der Waals surface area contributed by atoms with E-state index in [4.69, 9.17) is 21.2 Å². The molecule has 1 saturated heterocycles. The van der Waals surface area contributed by atoms with Crippen molar-refractivity contribution in [2.75, 3.05) is 25.0 Å². The van der Waals surface area contributed by atoms with Crippen molar-refractivity contribution >= 4 is 34.7 Å². The fraction of sp³-hybridized carbons (Fsp3) is 0.500. The van der Waals surface area contributed by atoms with Gasteiger partial charge in [0.05, 0.1) is 23.9 Å². The molecular formula is C20H27N7O5. The summed E-state index contributed by atoms with van der Waals surface area (Å²) in [6, 6.07) is 2.79. The Labute approximate surface area is 184 Å². The van der Waals surface area contributed by atoms with Crippen LogP contribution in [0.5, 0.6) is 0 Å². The number of aromatic nitrogens is 3. The van der Waals surface area contributed by atoms with Crippen molar-refractivity contribution in [1.29, 1.82) is 5.26 Å². The highest BCUT2D eigenvalue weighted by Crippen LogP contribution is 2.28. The third-order valence-corrected chi connectivity index (χ3v) is 5.38. The highest BCUT2D eigenvalue weighted by molar-refractivity contribution is 5.87. The lowest BCUT2D eigenvalue weighted by Crippen LogP contribution is -2.52. The lowest BCUT2D eigenvalue weighted by molar-refractivity contribution is -0.144. The minimum atomic E-state index is -1.29. The van der Waals surface area contributed by atoms with Gasteiger partial charge < -0.3 is 30.7 Å². The van der Waals surface area contributed by atoms with Gasteiger partial charge in [0, 0.05) is 26.3 Å². The number of hydrogen-bond acceptors (Lipinski definition) is 8. The summed E-state index contributed by atoms with van der Waals surface area (Å²) < 4.78 is 0. The number of hydrogen-bond donors (Lipinski definition) is 4. The smallest absolute Gasteiger partial charge is 0.321 e. The van der Waals surface area contributed by atoms with Crippen molar-refractivity contribution in [2.24, 2.45) is 11.7 Å². The molecule has 1 aliphatic rings. The van der Waals surface area contributed by atoms with E-state index in [0.717, 1.165) is 29.8 Å². The average molecular weight is 445 g/mol. The Kier molecular flexibility index (Phi) is 8.48. The van der Waals surface area contributed by atoms with E-state index in [9.17, 15) is 14.4 Å². The molecule has 5 N–H and O–H groups in total. The Morgan fingerprint density at radius 2 is 2.12 bits per heavy atom.